The van der Waals surface area contributed by atoms with E-state index < -0.39 is 0 Å². The van der Waals surface area contributed by atoms with Crippen LogP contribution in [0, 0.1) is 6.92 Å². The molecule has 0 atom stereocenters. The molecule has 0 aromatic carbocycles. The van der Waals surface area contributed by atoms with Gasteiger partial charge < -0.3 is 5.32 Å². The molecule has 2 heterocycles. The Morgan fingerprint density at radius 3 is 2.50 bits per heavy atom. The predicted octanol–water partition coefficient (Wildman–Crippen LogP) is 3.32. The SMILES string of the molecule is Cc1ccc(Br)c(C(=O)Nc2cnc(C(C)C)nc2)n1. The Bertz CT molecular complexity index is 626. The summed E-state index contributed by atoms with van der Waals surface area (Å²) in [5.41, 5.74) is 1.68. The van der Waals surface area contributed by atoms with Gasteiger partial charge in [-0.3, -0.25) is 4.79 Å². The monoisotopic (exact) mass is 334 g/mol. The van der Waals surface area contributed by atoms with Crippen molar-refractivity contribution in [2.75, 3.05) is 5.32 Å². The van der Waals surface area contributed by atoms with Gasteiger partial charge in [-0.1, -0.05) is 13.8 Å². The Morgan fingerprint density at radius 1 is 1.25 bits per heavy atom. The van der Waals surface area contributed by atoms with E-state index in [-0.39, 0.29) is 11.8 Å². The lowest BCUT2D eigenvalue weighted by molar-refractivity contribution is 0.102. The van der Waals surface area contributed by atoms with Crippen molar-refractivity contribution in [3.8, 4) is 0 Å². The first kappa shape index (κ1) is 14.6. The Labute approximate surface area is 126 Å². The van der Waals surface area contributed by atoms with Crippen LogP contribution in [0.15, 0.2) is 29.0 Å². The largest absolute Gasteiger partial charge is 0.318 e. The number of aromatic nitrogens is 3. The van der Waals surface area contributed by atoms with Gasteiger partial charge >= 0.3 is 0 Å². The summed E-state index contributed by atoms with van der Waals surface area (Å²) in [4.78, 5) is 24.8. The Balaban J connectivity index is 2.17. The van der Waals surface area contributed by atoms with E-state index >= 15 is 0 Å². The molecule has 0 spiro atoms. The van der Waals surface area contributed by atoms with Crippen LogP contribution in [0.1, 0.15) is 41.8 Å². The molecule has 0 saturated heterocycles. The summed E-state index contributed by atoms with van der Waals surface area (Å²) in [6.07, 6.45) is 3.20. The van der Waals surface area contributed by atoms with E-state index in [1.165, 1.54) is 0 Å². The maximum Gasteiger partial charge on any atom is 0.275 e. The molecule has 0 aliphatic rings. The van der Waals surface area contributed by atoms with E-state index in [4.69, 9.17) is 0 Å². The zero-order chi connectivity index (χ0) is 14.7. The molecular weight excluding hydrogens is 320 g/mol. The second kappa shape index (κ2) is 6.09. The van der Waals surface area contributed by atoms with Crippen LogP contribution >= 0.6 is 15.9 Å². The van der Waals surface area contributed by atoms with E-state index in [0.29, 0.717) is 15.9 Å². The minimum absolute atomic E-state index is 0.257. The molecule has 0 fully saturated rings. The van der Waals surface area contributed by atoms with Crippen LogP contribution < -0.4 is 5.32 Å². The van der Waals surface area contributed by atoms with Gasteiger partial charge in [0.05, 0.1) is 18.1 Å². The van der Waals surface area contributed by atoms with Crippen LogP contribution in [0.5, 0.6) is 0 Å². The highest BCUT2D eigenvalue weighted by molar-refractivity contribution is 9.10. The summed E-state index contributed by atoms with van der Waals surface area (Å²) in [7, 11) is 0. The predicted molar refractivity (Wildman–Crippen MR) is 80.7 cm³/mol. The second-order valence-electron chi connectivity index (χ2n) is 4.72. The number of nitrogens with one attached hydrogen (secondary N) is 1. The van der Waals surface area contributed by atoms with Gasteiger partial charge in [0.25, 0.3) is 5.91 Å². The molecule has 5 nitrogen and oxygen atoms in total. The fourth-order valence-corrected chi connectivity index (χ4v) is 1.99. The van der Waals surface area contributed by atoms with Crippen LogP contribution in [-0.4, -0.2) is 20.9 Å². The average Bonchev–Trinajstić information content (AvgIpc) is 2.42. The molecule has 0 aliphatic heterocycles. The fourth-order valence-electron chi connectivity index (χ4n) is 1.59. The molecule has 2 rings (SSSR count). The molecule has 20 heavy (non-hydrogen) atoms. The van der Waals surface area contributed by atoms with Gasteiger partial charge in [-0.05, 0) is 35.0 Å². The molecule has 1 amide bonds. The highest BCUT2D eigenvalue weighted by Gasteiger charge is 2.13. The number of rotatable bonds is 3. The highest BCUT2D eigenvalue weighted by Crippen LogP contribution is 2.17. The number of amides is 1. The first-order valence-electron chi connectivity index (χ1n) is 6.24. The molecule has 1 N–H and O–H groups in total. The summed E-state index contributed by atoms with van der Waals surface area (Å²) in [6.45, 7) is 5.87. The summed E-state index contributed by atoms with van der Waals surface area (Å²) >= 11 is 3.32. The lowest BCUT2D eigenvalue weighted by atomic mass is 10.2. The van der Waals surface area contributed by atoms with E-state index in [2.05, 4.69) is 36.2 Å². The standard InChI is InChI=1S/C14H15BrN4O/c1-8(2)13-16-6-10(7-17-13)19-14(20)12-11(15)5-4-9(3)18-12/h4-8H,1-3H3,(H,19,20). The van der Waals surface area contributed by atoms with Crippen molar-refractivity contribution in [3.63, 3.8) is 0 Å². The van der Waals surface area contributed by atoms with Crippen LogP contribution in [0.25, 0.3) is 0 Å². The number of hydrogen-bond donors (Lipinski definition) is 1. The Morgan fingerprint density at radius 2 is 1.90 bits per heavy atom. The molecule has 2 aromatic rings. The lowest BCUT2D eigenvalue weighted by Gasteiger charge is -2.08. The molecule has 6 heteroatoms. The fraction of sp³-hybridized carbons (Fsp3) is 0.286. The van der Waals surface area contributed by atoms with Crippen LogP contribution in [0.4, 0.5) is 5.69 Å². The van der Waals surface area contributed by atoms with Crippen molar-refractivity contribution >= 4 is 27.5 Å². The quantitative estimate of drug-likeness (QED) is 0.934. The number of anilines is 1. The van der Waals surface area contributed by atoms with Crippen molar-refractivity contribution in [2.45, 2.75) is 26.7 Å². The van der Waals surface area contributed by atoms with Gasteiger partial charge in [0.1, 0.15) is 11.5 Å². The third-order valence-electron chi connectivity index (χ3n) is 2.65. The molecular formula is C14H15BrN4O. The highest BCUT2D eigenvalue weighted by atomic mass is 79.9. The first-order chi connectivity index (χ1) is 9.47. The summed E-state index contributed by atoms with van der Waals surface area (Å²) in [5.74, 6) is 0.715. The van der Waals surface area contributed by atoms with Gasteiger partial charge in [-0.15, -0.1) is 0 Å². The number of nitrogens with zero attached hydrogens (tertiary/aromatic N) is 3. The van der Waals surface area contributed by atoms with Gasteiger partial charge in [0.15, 0.2) is 0 Å². The normalized spacial score (nSPS) is 10.7. The van der Waals surface area contributed by atoms with Crippen molar-refractivity contribution in [1.29, 1.82) is 0 Å². The Hall–Kier alpha value is -1.82. The average molecular weight is 335 g/mol. The zero-order valence-corrected chi connectivity index (χ0v) is 13.1. The van der Waals surface area contributed by atoms with Crippen molar-refractivity contribution < 1.29 is 4.79 Å². The maximum atomic E-state index is 12.1. The van der Waals surface area contributed by atoms with Gasteiger partial charge in [0.2, 0.25) is 0 Å². The number of hydrogen-bond acceptors (Lipinski definition) is 4. The van der Waals surface area contributed by atoms with Crippen molar-refractivity contribution in [1.82, 2.24) is 15.0 Å². The van der Waals surface area contributed by atoms with E-state index in [1.807, 2.05) is 26.8 Å². The number of aryl methyl sites for hydroxylation is 1. The minimum atomic E-state index is -0.290. The molecule has 104 valence electrons. The summed E-state index contributed by atoms with van der Waals surface area (Å²) < 4.78 is 0.653. The first-order valence-corrected chi connectivity index (χ1v) is 7.03. The van der Waals surface area contributed by atoms with Gasteiger partial charge in [-0.2, -0.15) is 0 Å². The molecule has 0 bridgehead atoms. The number of carbonyl (C=O) groups is 1. The maximum absolute atomic E-state index is 12.1. The number of halogens is 1. The van der Waals surface area contributed by atoms with Gasteiger partial charge in [-0.25, -0.2) is 15.0 Å². The number of pyridine rings is 1. The molecule has 2 aromatic heterocycles. The minimum Gasteiger partial charge on any atom is -0.318 e. The lowest BCUT2D eigenvalue weighted by Crippen LogP contribution is -2.15. The van der Waals surface area contributed by atoms with Gasteiger partial charge in [0, 0.05) is 16.1 Å². The molecule has 0 saturated carbocycles. The third-order valence-corrected chi connectivity index (χ3v) is 3.29. The van der Waals surface area contributed by atoms with Crippen molar-refractivity contribution in [2.24, 2.45) is 0 Å². The van der Waals surface area contributed by atoms with E-state index in [9.17, 15) is 4.79 Å². The van der Waals surface area contributed by atoms with Crippen LogP contribution in [0.3, 0.4) is 0 Å². The summed E-state index contributed by atoms with van der Waals surface area (Å²) in [5, 5.41) is 2.74. The Kier molecular flexibility index (Phi) is 4.44. The van der Waals surface area contributed by atoms with Crippen LogP contribution in [0.2, 0.25) is 0 Å². The smallest absolute Gasteiger partial charge is 0.275 e. The second-order valence-corrected chi connectivity index (χ2v) is 5.58. The number of carbonyl (C=O) groups excluding carboxylic acids is 1. The topological polar surface area (TPSA) is 67.8 Å². The third kappa shape index (κ3) is 3.39. The molecule has 0 aliphatic carbocycles. The van der Waals surface area contributed by atoms with E-state index in [1.54, 1.807) is 18.5 Å². The molecule has 0 radical (unpaired) electrons. The molecule has 0 unspecified atom stereocenters. The summed E-state index contributed by atoms with van der Waals surface area (Å²) in [6, 6.07) is 3.64. The van der Waals surface area contributed by atoms with Crippen LogP contribution in [-0.2, 0) is 0 Å². The van der Waals surface area contributed by atoms with Crippen molar-refractivity contribution in [3.05, 3.63) is 46.2 Å². The van der Waals surface area contributed by atoms with E-state index in [0.717, 1.165) is 11.5 Å². The zero-order valence-electron chi connectivity index (χ0n) is 11.5.